The van der Waals surface area contributed by atoms with Gasteiger partial charge in [-0.1, -0.05) is 17.7 Å². The van der Waals surface area contributed by atoms with Gasteiger partial charge in [0.05, 0.1) is 11.1 Å². The fourth-order valence-corrected chi connectivity index (χ4v) is 6.31. The smallest absolute Gasteiger partial charge is 0.289 e. The van der Waals surface area contributed by atoms with Gasteiger partial charge in [-0.15, -0.1) is 23.1 Å². The molecule has 8 heteroatoms. The normalized spacial score (nSPS) is 15.8. The van der Waals surface area contributed by atoms with Gasteiger partial charge in [0.25, 0.3) is 11.8 Å². The number of carbonyl (C=O) groups is 2. The fourth-order valence-electron chi connectivity index (χ4n) is 3.65. The lowest BCUT2D eigenvalue weighted by Gasteiger charge is -2.34. The monoisotopic (exact) mass is 444 g/mol. The van der Waals surface area contributed by atoms with E-state index in [0.29, 0.717) is 31.9 Å². The number of rotatable bonds is 2. The van der Waals surface area contributed by atoms with E-state index in [0.717, 1.165) is 31.0 Å². The van der Waals surface area contributed by atoms with Gasteiger partial charge in [0, 0.05) is 52.3 Å². The summed E-state index contributed by atoms with van der Waals surface area (Å²) in [5.74, 6) is 1.10. The van der Waals surface area contributed by atoms with Crippen molar-refractivity contribution in [1.29, 1.82) is 0 Å². The van der Waals surface area contributed by atoms with Crippen LogP contribution in [0.4, 0.5) is 0 Å². The number of benzene rings is 1. The van der Waals surface area contributed by atoms with E-state index in [1.165, 1.54) is 11.8 Å². The molecule has 0 aliphatic carbocycles. The summed E-state index contributed by atoms with van der Waals surface area (Å²) < 4.78 is 5.19. The molecule has 0 unspecified atom stereocenters. The van der Waals surface area contributed by atoms with Gasteiger partial charge in [0.15, 0.2) is 5.76 Å². The second-order valence-corrected chi connectivity index (χ2v) is 9.46. The molecule has 0 spiro atoms. The average Bonchev–Trinajstić information content (AvgIpc) is 3.42. The van der Waals surface area contributed by atoms with Gasteiger partial charge in [-0.25, -0.2) is 0 Å². The van der Waals surface area contributed by atoms with Gasteiger partial charge >= 0.3 is 0 Å². The second kappa shape index (κ2) is 7.55. The highest BCUT2D eigenvalue weighted by molar-refractivity contribution is 7.98. The van der Waals surface area contributed by atoms with Crippen molar-refractivity contribution in [3.63, 3.8) is 0 Å². The van der Waals surface area contributed by atoms with E-state index in [1.54, 1.807) is 40.1 Å². The van der Waals surface area contributed by atoms with Gasteiger partial charge in [0.2, 0.25) is 0 Å². The Kier molecular flexibility index (Phi) is 4.89. The zero-order chi connectivity index (χ0) is 20.0. The standard InChI is InChI=1S/C21H17ClN2O3S2/c22-14-3-4-15-17(11-14)28-12-13-10-18(29-19(13)15)21(26)24-7-5-23(6-8-24)20(25)16-2-1-9-27-16/h1-4,9-11H,5-8,12H2. The summed E-state index contributed by atoms with van der Waals surface area (Å²) in [4.78, 5) is 32.1. The maximum absolute atomic E-state index is 13.1. The molecule has 5 nitrogen and oxygen atoms in total. The number of piperazine rings is 1. The van der Waals surface area contributed by atoms with E-state index in [4.69, 9.17) is 16.0 Å². The fraction of sp³-hybridized carbons (Fsp3) is 0.238. The Hall–Kier alpha value is -2.22. The number of thioether (sulfide) groups is 1. The molecule has 4 heterocycles. The molecule has 1 fully saturated rings. The van der Waals surface area contributed by atoms with Gasteiger partial charge in [-0.05, 0) is 35.9 Å². The molecular weight excluding hydrogens is 428 g/mol. The Balaban J connectivity index is 1.30. The minimum Gasteiger partial charge on any atom is -0.459 e. The predicted molar refractivity (Wildman–Crippen MR) is 115 cm³/mol. The molecule has 0 saturated carbocycles. The van der Waals surface area contributed by atoms with E-state index in [2.05, 4.69) is 0 Å². The molecule has 2 aliphatic rings. The highest BCUT2D eigenvalue weighted by Gasteiger charge is 2.29. The molecule has 1 saturated heterocycles. The lowest BCUT2D eigenvalue weighted by Crippen LogP contribution is -2.50. The van der Waals surface area contributed by atoms with Crippen molar-refractivity contribution in [1.82, 2.24) is 9.80 Å². The molecule has 29 heavy (non-hydrogen) atoms. The van der Waals surface area contributed by atoms with Crippen LogP contribution in [-0.2, 0) is 5.75 Å². The van der Waals surface area contributed by atoms with E-state index in [1.807, 2.05) is 29.2 Å². The predicted octanol–water partition coefficient (Wildman–Crippen LogP) is 4.87. The van der Waals surface area contributed by atoms with Crippen LogP contribution in [0.2, 0.25) is 5.02 Å². The Morgan fingerprint density at radius 1 is 1.00 bits per heavy atom. The summed E-state index contributed by atoms with van der Waals surface area (Å²) in [6, 6.07) is 11.3. The van der Waals surface area contributed by atoms with Crippen LogP contribution < -0.4 is 0 Å². The Bertz CT molecular complexity index is 1090. The zero-order valence-electron chi connectivity index (χ0n) is 15.4. The van der Waals surface area contributed by atoms with Crippen molar-refractivity contribution in [3.8, 4) is 10.4 Å². The van der Waals surface area contributed by atoms with Crippen molar-refractivity contribution in [2.24, 2.45) is 0 Å². The van der Waals surface area contributed by atoms with E-state index in [9.17, 15) is 9.59 Å². The topological polar surface area (TPSA) is 53.8 Å². The van der Waals surface area contributed by atoms with Crippen molar-refractivity contribution in [2.75, 3.05) is 26.2 Å². The number of amides is 2. The summed E-state index contributed by atoms with van der Waals surface area (Å²) in [6.07, 6.45) is 1.50. The summed E-state index contributed by atoms with van der Waals surface area (Å²) in [6.45, 7) is 2.06. The van der Waals surface area contributed by atoms with E-state index < -0.39 is 0 Å². The Morgan fingerprint density at radius 3 is 2.48 bits per heavy atom. The van der Waals surface area contributed by atoms with Gasteiger partial charge < -0.3 is 14.2 Å². The molecular formula is C21H17ClN2O3S2. The Morgan fingerprint density at radius 2 is 1.76 bits per heavy atom. The molecule has 0 N–H and O–H groups in total. The SMILES string of the molecule is O=C(c1ccco1)N1CCN(C(=O)c2cc3c(s2)-c2ccc(Cl)cc2SC3)CC1. The number of hydrogen-bond donors (Lipinski definition) is 0. The first-order valence-electron chi connectivity index (χ1n) is 9.27. The molecule has 5 rings (SSSR count). The van der Waals surface area contributed by atoms with Crippen LogP contribution >= 0.6 is 34.7 Å². The minimum absolute atomic E-state index is 0.0370. The van der Waals surface area contributed by atoms with Crippen LogP contribution in [-0.4, -0.2) is 47.8 Å². The third kappa shape index (κ3) is 3.47. The quantitative estimate of drug-likeness (QED) is 0.566. The number of fused-ring (bicyclic) bond motifs is 3. The first-order chi connectivity index (χ1) is 14.1. The van der Waals surface area contributed by atoms with Crippen molar-refractivity contribution in [3.05, 3.63) is 63.9 Å². The molecule has 0 bridgehead atoms. The third-order valence-corrected chi connectivity index (χ3v) is 7.72. The number of nitrogens with zero attached hydrogens (tertiary/aromatic N) is 2. The largest absolute Gasteiger partial charge is 0.459 e. The zero-order valence-corrected chi connectivity index (χ0v) is 17.8. The molecule has 2 aliphatic heterocycles. The molecule has 2 amide bonds. The highest BCUT2D eigenvalue weighted by atomic mass is 35.5. The maximum atomic E-state index is 13.1. The molecule has 2 aromatic heterocycles. The molecule has 1 aromatic carbocycles. The van der Waals surface area contributed by atoms with Crippen molar-refractivity contribution < 1.29 is 14.0 Å². The number of hydrogen-bond acceptors (Lipinski definition) is 5. The molecule has 0 atom stereocenters. The molecule has 148 valence electrons. The number of carbonyl (C=O) groups excluding carboxylic acids is 2. The summed E-state index contributed by atoms with van der Waals surface area (Å²) in [7, 11) is 0. The van der Waals surface area contributed by atoms with Crippen LogP contribution in [0, 0.1) is 0 Å². The van der Waals surface area contributed by atoms with E-state index >= 15 is 0 Å². The van der Waals surface area contributed by atoms with E-state index in [-0.39, 0.29) is 11.8 Å². The van der Waals surface area contributed by atoms with Gasteiger partial charge in [-0.3, -0.25) is 9.59 Å². The van der Waals surface area contributed by atoms with Crippen LogP contribution in [0.3, 0.4) is 0 Å². The first-order valence-corrected chi connectivity index (χ1v) is 11.5. The van der Waals surface area contributed by atoms with Crippen molar-refractivity contribution in [2.45, 2.75) is 10.6 Å². The van der Waals surface area contributed by atoms with Crippen LogP contribution in [0.15, 0.2) is 52.0 Å². The van der Waals surface area contributed by atoms with Crippen molar-refractivity contribution >= 4 is 46.5 Å². The molecule has 0 radical (unpaired) electrons. The highest BCUT2D eigenvalue weighted by Crippen LogP contribution is 2.46. The van der Waals surface area contributed by atoms with Crippen LogP contribution in [0.25, 0.3) is 10.4 Å². The third-order valence-electron chi connectivity index (χ3n) is 5.18. The summed E-state index contributed by atoms with van der Waals surface area (Å²) in [5.41, 5.74) is 2.35. The second-order valence-electron chi connectivity index (χ2n) is 6.96. The van der Waals surface area contributed by atoms with Gasteiger partial charge in [-0.2, -0.15) is 0 Å². The lowest BCUT2D eigenvalue weighted by molar-refractivity contribution is 0.0520. The van der Waals surface area contributed by atoms with Crippen LogP contribution in [0.1, 0.15) is 25.8 Å². The minimum atomic E-state index is -0.124. The summed E-state index contributed by atoms with van der Waals surface area (Å²) in [5, 5.41) is 0.731. The number of thiophene rings is 1. The Labute approximate surface area is 181 Å². The summed E-state index contributed by atoms with van der Waals surface area (Å²) >= 11 is 9.42. The number of furan rings is 1. The molecule has 3 aromatic rings. The first kappa shape index (κ1) is 18.8. The number of halogens is 1. The van der Waals surface area contributed by atoms with Crippen LogP contribution in [0.5, 0.6) is 0 Å². The maximum Gasteiger partial charge on any atom is 0.289 e. The average molecular weight is 445 g/mol. The van der Waals surface area contributed by atoms with Gasteiger partial charge in [0.1, 0.15) is 0 Å². The lowest BCUT2D eigenvalue weighted by atomic mass is 10.1.